The lowest BCUT2D eigenvalue weighted by molar-refractivity contribution is -0.0531. The minimum atomic E-state index is -3.74. The quantitative estimate of drug-likeness (QED) is 0.0654. The van der Waals surface area contributed by atoms with Crippen molar-refractivity contribution in [2.45, 2.75) is 140 Å². The van der Waals surface area contributed by atoms with E-state index in [0.29, 0.717) is 19.6 Å². The van der Waals surface area contributed by atoms with Crippen molar-refractivity contribution in [1.82, 2.24) is 14.5 Å². The van der Waals surface area contributed by atoms with Gasteiger partial charge in [-0.3, -0.25) is 14.0 Å². The third-order valence-electron chi connectivity index (χ3n) is 9.29. The van der Waals surface area contributed by atoms with Crippen molar-refractivity contribution in [3.63, 3.8) is 0 Å². The highest BCUT2D eigenvalue weighted by Gasteiger charge is 2.45. The first-order chi connectivity index (χ1) is 23.6. The van der Waals surface area contributed by atoms with Gasteiger partial charge >= 0.3 is 13.3 Å². The summed E-state index contributed by atoms with van der Waals surface area (Å²) in [6.07, 6.45) is 13.0. The van der Waals surface area contributed by atoms with Gasteiger partial charge in [-0.15, -0.1) is 0 Å². The predicted octanol–water partition coefficient (Wildman–Crippen LogP) is 3.60. The van der Waals surface area contributed by atoms with Crippen LogP contribution in [-0.4, -0.2) is 118 Å². The van der Waals surface area contributed by atoms with Gasteiger partial charge in [0.05, 0.1) is 31.6 Å². The summed E-state index contributed by atoms with van der Waals surface area (Å²) in [7, 11) is -3.74. The van der Waals surface area contributed by atoms with Crippen LogP contribution in [0.4, 0.5) is 5.82 Å². The van der Waals surface area contributed by atoms with Gasteiger partial charge in [-0.05, 0) is 18.9 Å². The van der Waals surface area contributed by atoms with Crippen LogP contribution in [0.2, 0.25) is 0 Å². The summed E-state index contributed by atoms with van der Waals surface area (Å²) in [5.41, 5.74) is 4.79. The second-order valence-electron chi connectivity index (χ2n) is 13.5. The van der Waals surface area contributed by atoms with E-state index in [4.69, 9.17) is 24.3 Å². The summed E-state index contributed by atoms with van der Waals surface area (Å²) in [5, 5.41) is 41.0. The molecule has 49 heavy (non-hydrogen) atoms. The fourth-order valence-corrected chi connectivity index (χ4v) is 7.87. The van der Waals surface area contributed by atoms with Crippen LogP contribution >= 0.6 is 7.60 Å². The summed E-state index contributed by atoms with van der Waals surface area (Å²) in [5.74, 6) is 0.00510. The van der Waals surface area contributed by atoms with Gasteiger partial charge in [0, 0.05) is 39.0 Å². The first-order valence-corrected chi connectivity index (χ1v) is 20.3. The van der Waals surface area contributed by atoms with E-state index >= 15 is 0 Å². The first kappa shape index (κ1) is 42.0. The standard InChI is InChI=1S/C34H63N4O10P/c1-2-3-4-5-6-7-8-9-10-11-12-13-14-15-20-45-21-16-22-46-49(44,23-19-37-24-27(39)28(40)25-37)47-26-29-31(41)32(42)33(48-29)38-18-17-30(35)36-34(38)43/h17-18,27-29,31-33,39-42H,2-16,19-26H2,1H3,(H2,35,36,43)/t27-,28-,29-,31-,32-,33-,49?/m1/s1. The van der Waals surface area contributed by atoms with Crippen LogP contribution in [0.1, 0.15) is 109 Å². The van der Waals surface area contributed by atoms with Crippen LogP contribution in [0.3, 0.4) is 0 Å². The number of β-amino-alcohol motifs (C(OH)–C–C–N with tert-alkyl or cyclic N) is 2. The molecule has 6 N–H and O–H groups in total. The first-order valence-electron chi connectivity index (χ1n) is 18.5. The lowest BCUT2D eigenvalue weighted by Crippen LogP contribution is -2.36. The minimum Gasteiger partial charge on any atom is -0.389 e. The number of aliphatic hydroxyl groups is 4. The van der Waals surface area contributed by atoms with Gasteiger partial charge in [0.25, 0.3) is 0 Å². The van der Waals surface area contributed by atoms with Crippen molar-refractivity contribution in [3.05, 3.63) is 22.7 Å². The van der Waals surface area contributed by atoms with Gasteiger partial charge < -0.3 is 44.7 Å². The van der Waals surface area contributed by atoms with E-state index in [9.17, 15) is 29.8 Å². The zero-order valence-electron chi connectivity index (χ0n) is 29.5. The second-order valence-corrected chi connectivity index (χ2v) is 15.7. The van der Waals surface area contributed by atoms with Crippen molar-refractivity contribution < 1.29 is 43.5 Å². The molecule has 3 heterocycles. The molecule has 2 aliphatic rings. The van der Waals surface area contributed by atoms with E-state index < -0.39 is 50.0 Å². The lowest BCUT2D eigenvalue weighted by atomic mass is 10.0. The number of ether oxygens (including phenoxy) is 2. The Bertz CT molecular complexity index is 1140. The normalized spacial score (nSPS) is 25.7. The molecule has 3 rings (SSSR count). The van der Waals surface area contributed by atoms with Gasteiger partial charge in [0.1, 0.15) is 24.1 Å². The molecule has 0 amide bonds. The number of hydrogen-bond donors (Lipinski definition) is 5. The molecule has 0 bridgehead atoms. The molecule has 1 unspecified atom stereocenters. The number of likely N-dealkylation sites (tertiary alicyclic amines) is 1. The Morgan fingerprint density at radius 2 is 1.41 bits per heavy atom. The van der Waals surface area contributed by atoms with Crippen LogP contribution in [0.15, 0.2) is 17.1 Å². The number of nitrogens with two attached hydrogens (primary N) is 1. The van der Waals surface area contributed by atoms with Crippen LogP contribution in [0, 0.1) is 0 Å². The maximum absolute atomic E-state index is 13.8. The van der Waals surface area contributed by atoms with Crippen molar-refractivity contribution in [3.8, 4) is 0 Å². The molecular formula is C34H63N4O10P. The average Bonchev–Trinajstić information content (AvgIpc) is 3.55. The molecule has 15 heteroatoms. The smallest absolute Gasteiger partial charge is 0.351 e. The van der Waals surface area contributed by atoms with E-state index in [1.807, 2.05) is 0 Å². The van der Waals surface area contributed by atoms with E-state index in [1.165, 1.54) is 89.3 Å². The molecule has 284 valence electrons. The molecule has 0 aliphatic carbocycles. The maximum atomic E-state index is 13.8. The summed E-state index contributed by atoms with van der Waals surface area (Å²) in [4.78, 5) is 17.7. The van der Waals surface area contributed by atoms with Gasteiger partial charge in [0.2, 0.25) is 0 Å². The number of hydrogen-bond acceptors (Lipinski definition) is 13. The summed E-state index contributed by atoms with van der Waals surface area (Å²) in [6, 6.07) is 1.37. The maximum Gasteiger partial charge on any atom is 0.351 e. The molecule has 0 saturated carbocycles. The highest BCUT2D eigenvalue weighted by atomic mass is 31.2. The Balaban J connectivity index is 1.32. The molecule has 0 aromatic carbocycles. The highest BCUT2D eigenvalue weighted by Crippen LogP contribution is 2.49. The molecule has 0 radical (unpaired) electrons. The molecule has 1 aromatic heterocycles. The van der Waals surface area contributed by atoms with Crippen molar-refractivity contribution in [2.75, 3.05) is 58.0 Å². The minimum absolute atomic E-state index is 0.00510. The average molecular weight is 719 g/mol. The third kappa shape index (κ3) is 15.4. The number of unbranched alkanes of at least 4 members (excludes halogenated alkanes) is 13. The Morgan fingerprint density at radius 3 is 2.00 bits per heavy atom. The number of aromatic nitrogens is 2. The van der Waals surface area contributed by atoms with E-state index in [0.717, 1.165) is 17.4 Å². The Labute approximate surface area is 291 Å². The predicted molar refractivity (Wildman–Crippen MR) is 187 cm³/mol. The molecule has 1 aromatic rings. The van der Waals surface area contributed by atoms with Gasteiger partial charge in [-0.25, -0.2) is 4.79 Å². The van der Waals surface area contributed by atoms with Crippen molar-refractivity contribution in [1.29, 1.82) is 0 Å². The largest absolute Gasteiger partial charge is 0.389 e. The number of nitrogens with zero attached hydrogens (tertiary/aromatic N) is 3. The Hall–Kier alpha value is -1.45. The van der Waals surface area contributed by atoms with Crippen LogP contribution in [0.5, 0.6) is 0 Å². The summed E-state index contributed by atoms with van der Waals surface area (Å²) < 4.78 is 37.8. The van der Waals surface area contributed by atoms with Crippen LogP contribution in [0.25, 0.3) is 0 Å². The van der Waals surface area contributed by atoms with Crippen LogP contribution in [-0.2, 0) is 23.1 Å². The summed E-state index contributed by atoms with van der Waals surface area (Å²) in [6.45, 7) is 3.83. The Kier molecular flexibility index (Phi) is 19.9. The van der Waals surface area contributed by atoms with Crippen molar-refractivity contribution in [2.24, 2.45) is 0 Å². The van der Waals surface area contributed by atoms with Gasteiger partial charge in [0.15, 0.2) is 6.23 Å². The molecule has 7 atom stereocenters. The number of anilines is 1. The molecule has 2 saturated heterocycles. The number of nitrogen functional groups attached to an aromatic ring is 1. The number of rotatable bonds is 27. The molecule has 0 spiro atoms. The third-order valence-corrected chi connectivity index (χ3v) is 11.2. The van der Waals surface area contributed by atoms with Crippen LogP contribution < -0.4 is 11.4 Å². The zero-order chi connectivity index (χ0) is 35.5. The fourth-order valence-electron chi connectivity index (χ4n) is 6.23. The lowest BCUT2D eigenvalue weighted by Gasteiger charge is -2.24. The van der Waals surface area contributed by atoms with E-state index in [-0.39, 0.29) is 44.8 Å². The molecule has 2 fully saturated rings. The SMILES string of the molecule is CCCCCCCCCCCCCCCCOCCCOP(=O)(CCN1C[C@@H](O)[C@H](O)C1)OC[C@H]1O[C@@H](n2ccc(N)nc2=O)[C@H](O)[C@@H]1O. The van der Waals surface area contributed by atoms with Gasteiger partial charge in [-0.2, -0.15) is 4.98 Å². The fraction of sp³-hybridized carbons (Fsp3) is 0.882. The highest BCUT2D eigenvalue weighted by molar-refractivity contribution is 7.53. The van der Waals surface area contributed by atoms with E-state index in [2.05, 4.69) is 11.9 Å². The second kappa shape index (κ2) is 23.2. The topological polar surface area (TPSA) is 199 Å². The molecular weight excluding hydrogens is 655 g/mol. The molecule has 14 nitrogen and oxygen atoms in total. The monoisotopic (exact) mass is 718 g/mol. The van der Waals surface area contributed by atoms with E-state index in [1.54, 1.807) is 4.90 Å². The Morgan fingerprint density at radius 1 is 0.837 bits per heavy atom. The van der Waals surface area contributed by atoms with Gasteiger partial charge in [-0.1, -0.05) is 90.4 Å². The number of aliphatic hydroxyl groups excluding tert-OH is 4. The summed E-state index contributed by atoms with van der Waals surface area (Å²) >= 11 is 0. The zero-order valence-corrected chi connectivity index (χ0v) is 30.4. The van der Waals surface area contributed by atoms with Crippen molar-refractivity contribution >= 4 is 13.4 Å². The molecule has 2 aliphatic heterocycles.